The van der Waals surface area contributed by atoms with Crippen molar-refractivity contribution in [2.75, 3.05) is 4.90 Å². The van der Waals surface area contributed by atoms with Gasteiger partial charge in [0.05, 0.1) is 12.0 Å². The minimum Gasteiger partial charge on any atom is -0.309 e. The highest BCUT2D eigenvalue weighted by atomic mass is 19.4. The van der Waals surface area contributed by atoms with E-state index in [-0.39, 0.29) is 18.4 Å². The Morgan fingerprint density at radius 2 is 1.92 bits per heavy atom. The van der Waals surface area contributed by atoms with Crippen LogP contribution in [0.5, 0.6) is 0 Å². The maximum Gasteiger partial charge on any atom is 0.416 e. The fourth-order valence-corrected chi connectivity index (χ4v) is 3.19. The first-order chi connectivity index (χ1) is 11.4. The molecule has 3 rings (SSSR count). The van der Waals surface area contributed by atoms with Crippen molar-refractivity contribution in [3.05, 3.63) is 65.2 Å². The number of carbonyl (C=O) groups excluding carboxylic acids is 1. The summed E-state index contributed by atoms with van der Waals surface area (Å²) in [5, 5.41) is 0. The van der Waals surface area contributed by atoms with E-state index in [0.29, 0.717) is 5.56 Å². The SMILES string of the molecule is CC1CCc2ccccc2N1C(=O)Cc1cccc(C(F)(F)F)c1. The molecule has 2 aromatic rings. The highest BCUT2D eigenvalue weighted by Crippen LogP contribution is 2.32. The average Bonchev–Trinajstić information content (AvgIpc) is 2.54. The summed E-state index contributed by atoms with van der Waals surface area (Å²) in [7, 11) is 0. The number of hydrogen-bond acceptors (Lipinski definition) is 1. The molecule has 24 heavy (non-hydrogen) atoms. The van der Waals surface area contributed by atoms with Crippen molar-refractivity contribution in [1.29, 1.82) is 0 Å². The van der Waals surface area contributed by atoms with Crippen molar-refractivity contribution >= 4 is 11.6 Å². The highest BCUT2D eigenvalue weighted by Gasteiger charge is 2.31. The molecule has 1 unspecified atom stereocenters. The van der Waals surface area contributed by atoms with Crippen LogP contribution >= 0.6 is 0 Å². The zero-order valence-corrected chi connectivity index (χ0v) is 13.3. The van der Waals surface area contributed by atoms with E-state index in [1.807, 2.05) is 31.2 Å². The molecule has 0 saturated heterocycles. The Morgan fingerprint density at radius 1 is 1.17 bits per heavy atom. The van der Waals surface area contributed by atoms with Gasteiger partial charge in [0.2, 0.25) is 5.91 Å². The first-order valence-electron chi connectivity index (χ1n) is 7.92. The van der Waals surface area contributed by atoms with Crippen molar-refractivity contribution in [3.8, 4) is 0 Å². The zero-order chi connectivity index (χ0) is 17.3. The summed E-state index contributed by atoms with van der Waals surface area (Å²) in [6, 6.07) is 12.7. The number of hydrogen-bond donors (Lipinski definition) is 0. The number of anilines is 1. The molecule has 0 fully saturated rings. The molecule has 1 aliphatic rings. The number of nitrogens with zero attached hydrogens (tertiary/aromatic N) is 1. The molecule has 0 spiro atoms. The van der Waals surface area contributed by atoms with Crippen LogP contribution in [0.25, 0.3) is 0 Å². The van der Waals surface area contributed by atoms with Crippen LogP contribution in [-0.4, -0.2) is 11.9 Å². The second kappa shape index (κ2) is 6.30. The van der Waals surface area contributed by atoms with Gasteiger partial charge < -0.3 is 4.90 Å². The molecule has 2 aromatic carbocycles. The monoisotopic (exact) mass is 333 g/mol. The number of aryl methyl sites for hydroxylation is 1. The molecule has 126 valence electrons. The van der Waals surface area contributed by atoms with Gasteiger partial charge in [-0.1, -0.05) is 36.4 Å². The van der Waals surface area contributed by atoms with Gasteiger partial charge in [-0.05, 0) is 43.0 Å². The Morgan fingerprint density at radius 3 is 2.67 bits per heavy atom. The molecule has 0 bridgehead atoms. The molecule has 1 amide bonds. The van der Waals surface area contributed by atoms with Gasteiger partial charge >= 0.3 is 6.18 Å². The smallest absolute Gasteiger partial charge is 0.309 e. The van der Waals surface area contributed by atoms with Gasteiger partial charge in [-0.15, -0.1) is 0 Å². The molecular formula is C19H18F3NO. The molecule has 1 aliphatic heterocycles. The third-order valence-electron chi connectivity index (χ3n) is 4.40. The van der Waals surface area contributed by atoms with E-state index < -0.39 is 11.7 Å². The predicted molar refractivity (Wildman–Crippen MR) is 86.9 cm³/mol. The summed E-state index contributed by atoms with van der Waals surface area (Å²) in [6.07, 6.45) is -2.68. The Balaban J connectivity index is 1.85. The van der Waals surface area contributed by atoms with E-state index in [9.17, 15) is 18.0 Å². The van der Waals surface area contributed by atoms with Crippen molar-refractivity contribution in [3.63, 3.8) is 0 Å². The van der Waals surface area contributed by atoms with Crippen molar-refractivity contribution < 1.29 is 18.0 Å². The number of para-hydroxylation sites is 1. The second-order valence-corrected chi connectivity index (χ2v) is 6.16. The lowest BCUT2D eigenvalue weighted by Gasteiger charge is -2.35. The largest absolute Gasteiger partial charge is 0.416 e. The van der Waals surface area contributed by atoms with Crippen molar-refractivity contribution in [2.45, 2.75) is 38.4 Å². The normalized spacial score (nSPS) is 17.5. The number of benzene rings is 2. The van der Waals surface area contributed by atoms with Crippen molar-refractivity contribution in [1.82, 2.24) is 0 Å². The first-order valence-corrected chi connectivity index (χ1v) is 7.92. The molecular weight excluding hydrogens is 315 g/mol. The predicted octanol–water partition coefficient (Wildman–Crippen LogP) is 4.62. The standard InChI is InChI=1S/C19H18F3NO/c1-13-9-10-15-6-2-3-8-17(15)23(13)18(24)12-14-5-4-7-16(11-14)19(20,21)22/h2-8,11,13H,9-10,12H2,1H3. The lowest BCUT2D eigenvalue weighted by atomic mass is 9.95. The van der Waals surface area contributed by atoms with Gasteiger partial charge in [-0.2, -0.15) is 13.2 Å². The van der Waals surface area contributed by atoms with E-state index in [4.69, 9.17) is 0 Å². The average molecular weight is 333 g/mol. The number of halogens is 3. The fourth-order valence-electron chi connectivity index (χ4n) is 3.19. The van der Waals surface area contributed by atoms with Crippen LogP contribution in [0, 0.1) is 0 Å². The van der Waals surface area contributed by atoms with Gasteiger partial charge in [0.25, 0.3) is 0 Å². The van der Waals surface area contributed by atoms with Crippen LogP contribution in [0.4, 0.5) is 18.9 Å². The minimum absolute atomic E-state index is 0.0391. The number of carbonyl (C=O) groups is 1. The number of rotatable bonds is 2. The highest BCUT2D eigenvalue weighted by molar-refractivity contribution is 5.96. The van der Waals surface area contributed by atoms with E-state index >= 15 is 0 Å². The van der Waals surface area contributed by atoms with Crippen LogP contribution in [0.15, 0.2) is 48.5 Å². The topological polar surface area (TPSA) is 20.3 Å². The summed E-state index contributed by atoms with van der Waals surface area (Å²) in [5.74, 6) is -0.172. The van der Waals surface area contributed by atoms with Gasteiger partial charge in [0.15, 0.2) is 0 Å². The molecule has 0 aromatic heterocycles. The number of alkyl halides is 3. The minimum atomic E-state index is -4.40. The van der Waals surface area contributed by atoms with Crippen LogP contribution in [0.2, 0.25) is 0 Å². The summed E-state index contributed by atoms with van der Waals surface area (Å²) in [5.41, 5.74) is 1.63. The number of fused-ring (bicyclic) bond motifs is 1. The maximum absolute atomic E-state index is 12.8. The fraction of sp³-hybridized carbons (Fsp3) is 0.316. The van der Waals surface area contributed by atoms with Gasteiger partial charge in [-0.25, -0.2) is 0 Å². The van der Waals surface area contributed by atoms with Gasteiger partial charge in [0, 0.05) is 11.7 Å². The number of amides is 1. The summed E-state index contributed by atoms with van der Waals surface area (Å²) >= 11 is 0. The van der Waals surface area contributed by atoms with Crippen LogP contribution in [-0.2, 0) is 23.8 Å². The van der Waals surface area contributed by atoms with E-state index in [2.05, 4.69) is 0 Å². The molecule has 0 radical (unpaired) electrons. The molecule has 1 heterocycles. The summed E-state index contributed by atoms with van der Waals surface area (Å²) in [6.45, 7) is 1.97. The lowest BCUT2D eigenvalue weighted by molar-refractivity contribution is -0.137. The molecule has 0 aliphatic carbocycles. The molecule has 0 N–H and O–H groups in total. The first kappa shape index (κ1) is 16.6. The molecule has 1 atom stereocenters. The lowest BCUT2D eigenvalue weighted by Crippen LogP contribution is -2.42. The molecule has 0 saturated carbocycles. The van der Waals surface area contributed by atoms with E-state index in [0.717, 1.165) is 36.2 Å². The van der Waals surface area contributed by atoms with Crippen LogP contribution < -0.4 is 4.90 Å². The second-order valence-electron chi connectivity index (χ2n) is 6.16. The Hall–Kier alpha value is -2.30. The van der Waals surface area contributed by atoms with E-state index in [1.165, 1.54) is 6.07 Å². The Kier molecular flexibility index (Phi) is 4.35. The molecule has 5 heteroatoms. The quantitative estimate of drug-likeness (QED) is 0.785. The summed E-state index contributed by atoms with van der Waals surface area (Å²) in [4.78, 5) is 14.5. The van der Waals surface area contributed by atoms with Crippen LogP contribution in [0.3, 0.4) is 0 Å². The third kappa shape index (κ3) is 3.30. The van der Waals surface area contributed by atoms with Gasteiger partial charge in [-0.3, -0.25) is 4.79 Å². The Bertz CT molecular complexity index is 754. The Labute approximate surface area is 138 Å². The zero-order valence-electron chi connectivity index (χ0n) is 13.3. The van der Waals surface area contributed by atoms with Crippen LogP contribution in [0.1, 0.15) is 30.0 Å². The van der Waals surface area contributed by atoms with Gasteiger partial charge in [0.1, 0.15) is 0 Å². The summed E-state index contributed by atoms with van der Waals surface area (Å²) < 4.78 is 38.5. The van der Waals surface area contributed by atoms with E-state index in [1.54, 1.807) is 11.0 Å². The van der Waals surface area contributed by atoms with Crippen molar-refractivity contribution in [2.24, 2.45) is 0 Å². The third-order valence-corrected chi connectivity index (χ3v) is 4.40. The maximum atomic E-state index is 12.8. The molecule has 2 nitrogen and oxygen atoms in total.